The molecule has 0 atom stereocenters. The Labute approximate surface area is 227 Å². The number of hydrogen-bond donors (Lipinski definition) is 0. The molecule has 0 unspecified atom stereocenters. The van der Waals surface area contributed by atoms with E-state index in [2.05, 4.69) is 0 Å². The van der Waals surface area contributed by atoms with Crippen LogP contribution in [0, 0.1) is 0 Å². The topological polar surface area (TPSA) is 57.7 Å². The first-order valence-corrected chi connectivity index (χ1v) is 13.9. The van der Waals surface area contributed by atoms with E-state index in [1.807, 2.05) is 60.7 Å². The van der Waals surface area contributed by atoms with Crippen molar-refractivity contribution in [1.82, 2.24) is 9.21 Å². The summed E-state index contributed by atoms with van der Waals surface area (Å²) in [5, 5.41) is 0.972. The summed E-state index contributed by atoms with van der Waals surface area (Å²) in [5.41, 5.74) is 2.63. The third kappa shape index (κ3) is 7.43. The van der Waals surface area contributed by atoms with E-state index in [-0.39, 0.29) is 23.9 Å². The van der Waals surface area contributed by atoms with Gasteiger partial charge >= 0.3 is 0 Å². The summed E-state index contributed by atoms with van der Waals surface area (Å²) in [5.74, 6) is -0.306. The second kappa shape index (κ2) is 12.4. The molecule has 0 saturated carbocycles. The lowest BCUT2D eigenvalue weighted by atomic mass is 10.1. The molecule has 37 heavy (non-hydrogen) atoms. The largest absolute Gasteiger partial charge is 0.333 e. The molecule has 4 rings (SSSR count). The predicted molar refractivity (Wildman–Crippen MR) is 148 cm³/mol. The summed E-state index contributed by atoms with van der Waals surface area (Å²) in [6.07, 6.45) is 0. The summed E-state index contributed by atoms with van der Waals surface area (Å²) < 4.78 is 28.6. The van der Waals surface area contributed by atoms with Gasteiger partial charge in [0.2, 0.25) is 15.9 Å². The van der Waals surface area contributed by atoms with E-state index in [0.29, 0.717) is 28.7 Å². The minimum absolute atomic E-state index is 0.0123. The molecule has 5 nitrogen and oxygen atoms in total. The smallest absolute Gasteiger partial charge is 0.243 e. The van der Waals surface area contributed by atoms with Crippen LogP contribution in [-0.4, -0.2) is 30.1 Å². The SMILES string of the molecule is O=C(CN(Cc1ccc(Cl)cc1)S(=O)(=O)c1ccc(Cl)cc1)N(Cc1ccccc1)Cc1ccccc1. The quantitative estimate of drug-likeness (QED) is 0.228. The molecule has 4 aromatic carbocycles. The molecule has 0 saturated heterocycles. The van der Waals surface area contributed by atoms with E-state index < -0.39 is 10.0 Å². The van der Waals surface area contributed by atoms with E-state index in [4.69, 9.17) is 23.2 Å². The van der Waals surface area contributed by atoms with Gasteiger partial charge in [0.15, 0.2) is 0 Å². The number of rotatable bonds is 10. The Bertz CT molecular complexity index is 1370. The van der Waals surface area contributed by atoms with Gasteiger partial charge in [0.1, 0.15) is 0 Å². The number of amides is 1. The van der Waals surface area contributed by atoms with E-state index >= 15 is 0 Å². The Balaban J connectivity index is 1.65. The summed E-state index contributed by atoms with van der Waals surface area (Å²) in [7, 11) is -4.01. The van der Waals surface area contributed by atoms with E-state index in [0.717, 1.165) is 11.1 Å². The number of carbonyl (C=O) groups excluding carboxylic acids is 1. The van der Waals surface area contributed by atoms with Crippen molar-refractivity contribution in [2.75, 3.05) is 6.54 Å². The molecule has 0 fully saturated rings. The van der Waals surface area contributed by atoms with Gasteiger partial charge < -0.3 is 4.90 Å². The third-order valence-electron chi connectivity index (χ3n) is 5.82. The maximum absolute atomic E-state index is 13.7. The molecule has 4 aromatic rings. The van der Waals surface area contributed by atoms with E-state index in [1.54, 1.807) is 29.2 Å². The third-order valence-corrected chi connectivity index (χ3v) is 8.13. The molecule has 0 radical (unpaired) electrons. The van der Waals surface area contributed by atoms with Crippen molar-refractivity contribution in [3.05, 3.63) is 136 Å². The van der Waals surface area contributed by atoms with Gasteiger partial charge in [-0.1, -0.05) is 96.0 Å². The van der Waals surface area contributed by atoms with Crippen molar-refractivity contribution in [3.8, 4) is 0 Å². The molecule has 1 amide bonds. The summed E-state index contributed by atoms with van der Waals surface area (Å²) in [6.45, 7) is 0.389. The van der Waals surface area contributed by atoms with Crippen LogP contribution in [0.1, 0.15) is 16.7 Å². The average Bonchev–Trinajstić information content (AvgIpc) is 2.90. The molecular weight excluding hydrogens is 527 g/mol. The number of nitrogens with zero attached hydrogens (tertiary/aromatic N) is 2. The van der Waals surface area contributed by atoms with Gasteiger partial charge in [-0.3, -0.25) is 4.79 Å². The molecule has 0 N–H and O–H groups in total. The molecule has 0 aliphatic heterocycles. The minimum atomic E-state index is -4.01. The molecular formula is C29H26Cl2N2O3S. The maximum Gasteiger partial charge on any atom is 0.243 e. The van der Waals surface area contributed by atoms with Gasteiger partial charge in [0.25, 0.3) is 0 Å². The zero-order chi connectivity index (χ0) is 26.3. The zero-order valence-electron chi connectivity index (χ0n) is 20.0. The van der Waals surface area contributed by atoms with E-state index in [1.165, 1.54) is 28.6 Å². The highest BCUT2D eigenvalue weighted by Crippen LogP contribution is 2.22. The monoisotopic (exact) mass is 552 g/mol. The van der Waals surface area contributed by atoms with Gasteiger partial charge in [0, 0.05) is 29.7 Å². The molecule has 0 aromatic heterocycles. The fourth-order valence-corrected chi connectivity index (χ4v) is 5.50. The Morgan fingerprint density at radius 1 is 0.595 bits per heavy atom. The minimum Gasteiger partial charge on any atom is -0.333 e. The Morgan fingerprint density at radius 3 is 1.51 bits per heavy atom. The molecule has 0 spiro atoms. The van der Waals surface area contributed by atoms with Crippen LogP contribution in [0.2, 0.25) is 10.0 Å². The van der Waals surface area contributed by atoms with Crippen LogP contribution in [-0.2, 0) is 34.5 Å². The number of hydrogen-bond acceptors (Lipinski definition) is 3. The summed E-state index contributed by atoms with van der Waals surface area (Å²) >= 11 is 12.0. The van der Waals surface area contributed by atoms with Gasteiger partial charge in [-0.05, 0) is 53.1 Å². The van der Waals surface area contributed by atoms with Crippen LogP contribution >= 0.6 is 23.2 Å². The zero-order valence-corrected chi connectivity index (χ0v) is 22.3. The number of sulfonamides is 1. The lowest BCUT2D eigenvalue weighted by molar-refractivity contribution is -0.132. The molecule has 0 aliphatic carbocycles. The van der Waals surface area contributed by atoms with Gasteiger partial charge in [-0.15, -0.1) is 0 Å². The van der Waals surface area contributed by atoms with Gasteiger partial charge in [-0.2, -0.15) is 4.31 Å². The second-order valence-electron chi connectivity index (χ2n) is 8.57. The van der Waals surface area contributed by atoms with Gasteiger partial charge in [0.05, 0.1) is 11.4 Å². The van der Waals surface area contributed by atoms with Crippen molar-refractivity contribution in [1.29, 1.82) is 0 Å². The maximum atomic E-state index is 13.7. The Kier molecular flexibility index (Phi) is 9.00. The van der Waals surface area contributed by atoms with Crippen molar-refractivity contribution in [2.24, 2.45) is 0 Å². The van der Waals surface area contributed by atoms with Crippen molar-refractivity contribution in [3.63, 3.8) is 0 Å². The standard InChI is InChI=1S/C29H26Cl2N2O3S/c30-26-13-11-25(12-14-26)21-33(37(35,36)28-17-15-27(31)16-18-28)22-29(34)32(19-23-7-3-1-4-8-23)20-24-9-5-2-6-10-24/h1-18H,19-22H2. The molecule has 0 heterocycles. The number of benzene rings is 4. The number of carbonyl (C=O) groups is 1. The molecule has 8 heteroatoms. The lowest BCUT2D eigenvalue weighted by Crippen LogP contribution is -2.42. The van der Waals surface area contributed by atoms with Crippen LogP contribution in [0.4, 0.5) is 0 Å². The summed E-state index contributed by atoms with van der Waals surface area (Å²) in [6, 6.07) is 32.1. The molecule has 0 aliphatic rings. The van der Waals surface area contributed by atoms with Crippen LogP contribution in [0.15, 0.2) is 114 Å². The average molecular weight is 554 g/mol. The predicted octanol–water partition coefficient (Wildman–Crippen LogP) is 6.41. The highest BCUT2D eigenvalue weighted by Gasteiger charge is 2.29. The Hall–Kier alpha value is -3.16. The first kappa shape index (κ1) is 26.9. The van der Waals surface area contributed by atoms with Crippen LogP contribution < -0.4 is 0 Å². The molecule has 0 bridgehead atoms. The lowest BCUT2D eigenvalue weighted by Gasteiger charge is -2.28. The van der Waals surface area contributed by atoms with Crippen molar-refractivity contribution < 1.29 is 13.2 Å². The fourth-order valence-electron chi connectivity index (χ4n) is 3.87. The van der Waals surface area contributed by atoms with Crippen LogP contribution in [0.5, 0.6) is 0 Å². The van der Waals surface area contributed by atoms with Crippen molar-refractivity contribution in [2.45, 2.75) is 24.5 Å². The van der Waals surface area contributed by atoms with Crippen molar-refractivity contribution >= 4 is 39.1 Å². The van der Waals surface area contributed by atoms with Gasteiger partial charge in [-0.25, -0.2) is 8.42 Å². The van der Waals surface area contributed by atoms with Crippen LogP contribution in [0.3, 0.4) is 0 Å². The Morgan fingerprint density at radius 2 is 1.03 bits per heavy atom. The molecule has 190 valence electrons. The summed E-state index contributed by atoms with van der Waals surface area (Å²) in [4.78, 5) is 15.5. The normalized spacial score (nSPS) is 11.4. The number of halogens is 2. The highest BCUT2D eigenvalue weighted by molar-refractivity contribution is 7.89. The highest BCUT2D eigenvalue weighted by atomic mass is 35.5. The van der Waals surface area contributed by atoms with Crippen LogP contribution in [0.25, 0.3) is 0 Å². The first-order chi connectivity index (χ1) is 17.8. The fraction of sp³-hybridized carbons (Fsp3) is 0.138. The first-order valence-electron chi connectivity index (χ1n) is 11.7. The second-order valence-corrected chi connectivity index (χ2v) is 11.4. The van der Waals surface area contributed by atoms with E-state index in [9.17, 15) is 13.2 Å².